The maximum absolute atomic E-state index is 11.2. The SMILES string of the molecule is CCNc1cccc(SC(C)(C)C)c1[N+](=O)[O-]. The van der Waals surface area contributed by atoms with E-state index in [1.807, 2.05) is 33.8 Å². The van der Waals surface area contributed by atoms with Crippen LogP contribution < -0.4 is 5.32 Å². The minimum Gasteiger partial charge on any atom is -0.380 e. The molecule has 1 N–H and O–H groups in total. The van der Waals surface area contributed by atoms with E-state index in [9.17, 15) is 10.1 Å². The van der Waals surface area contributed by atoms with Gasteiger partial charge in [-0.3, -0.25) is 10.1 Å². The van der Waals surface area contributed by atoms with Gasteiger partial charge in [0.2, 0.25) is 0 Å². The Morgan fingerprint density at radius 2 is 2.06 bits per heavy atom. The van der Waals surface area contributed by atoms with E-state index in [4.69, 9.17) is 0 Å². The molecule has 5 heteroatoms. The minimum absolute atomic E-state index is 0.0460. The molecule has 0 amide bonds. The Labute approximate surface area is 106 Å². The predicted molar refractivity (Wildman–Crippen MR) is 72.9 cm³/mol. The fraction of sp³-hybridized carbons (Fsp3) is 0.500. The minimum atomic E-state index is -0.313. The molecule has 1 aromatic rings. The molecule has 17 heavy (non-hydrogen) atoms. The largest absolute Gasteiger partial charge is 0.380 e. The summed E-state index contributed by atoms with van der Waals surface area (Å²) < 4.78 is -0.0460. The van der Waals surface area contributed by atoms with Crippen molar-refractivity contribution in [3.63, 3.8) is 0 Å². The maximum atomic E-state index is 11.2. The van der Waals surface area contributed by atoms with E-state index >= 15 is 0 Å². The van der Waals surface area contributed by atoms with E-state index in [-0.39, 0.29) is 15.4 Å². The zero-order valence-corrected chi connectivity index (χ0v) is 11.4. The van der Waals surface area contributed by atoms with Crippen LogP contribution in [0.5, 0.6) is 0 Å². The van der Waals surface area contributed by atoms with Crippen molar-refractivity contribution in [3.8, 4) is 0 Å². The van der Waals surface area contributed by atoms with Gasteiger partial charge in [-0.15, -0.1) is 11.8 Å². The fourth-order valence-electron chi connectivity index (χ4n) is 1.46. The summed E-state index contributed by atoms with van der Waals surface area (Å²) in [6.07, 6.45) is 0. The van der Waals surface area contributed by atoms with Crippen molar-refractivity contribution >= 4 is 23.1 Å². The normalized spacial score (nSPS) is 11.3. The van der Waals surface area contributed by atoms with Crippen LogP contribution in [0.1, 0.15) is 27.7 Å². The quantitative estimate of drug-likeness (QED) is 0.502. The first-order valence-electron chi connectivity index (χ1n) is 5.55. The van der Waals surface area contributed by atoms with Crippen LogP contribution in [0.2, 0.25) is 0 Å². The Hall–Kier alpha value is -1.23. The number of nitrogens with zero attached hydrogens (tertiary/aromatic N) is 1. The second-order valence-corrected chi connectivity index (χ2v) is 6.52. The number of anilines is 1. The van der Waals surface area contributed by atoms with Crippen LogP contribution in [0.4, 0.5) is 11.4 Å². The van der Waals surface area contributed by atoms with Gasteiger partial charge >= 0.3 is 5.69 Å². The van der Waals surface area contributed by atoms with Gasteiger partial charge in [0.15, 0.2) is 0 Å². The topological polar surface area (TPSA) is 55.2 Å². The van der Waals surface area contributed by atoms with Crippen molar-refractivity contribution in [1.29, 1.82) is 0 Å². The first kappa shape index (κ1) is 13.8. The number of nitro groups is 1. The van der Waals surface area contributed by atoms with Crippen LogP contribution >= 0.6 is 11.8 Å². The third-order valence-electron chi connectivity index (χ3n) is 1.96. The number of benzene rings is 1. The van der Waals surface area contributed by atoms with Crippen LogP contribution in [0, 0.1) is 10.1 Å². The maximum Gasteiger partial charge on any atom is 0.305 e. The summed E-state index contributed by atoms with van der Waals surface area (Å²) in [6, 6.07) is 5.39. The zero-order valence-electron chi connectivity index (χ0n) is 10.6. The standard InChI is InChI=1S/C12H18N2O2S/c1-5-13-9-7-6-8-10(11(9)14(15)16)17-12(2,3)4/h6-8,13H,5H2,1-4H3. The van der Waals surface area contributed by atoms with E-state index in [1.54, 1.807) is 12.1 Å². The molecule has 0 saturated carbocycles. The van der Waals surface area contributed by atoms with Gasteiger partial charge < -0.3 is 5.32 Å². The second kappa shape index (κ2) is 5.40. The van der Waals surface area contributed by atoms with Gasteiger partial charge in [0, 0.05) is 11.3 Å². The van der Waals surface area contributed by atoms with E-state index in [0.717, 1.165) is 0 Å². The lowest BCUT2D eigenvalue weighted by atomic mass is 10.2. The molecule has 0 saturated heterocycles. The van der Waals surface area contributed by atoms with Gasteiger partial charge in [0.25, 0.3) is 0 Å². The molecule has 0 aliphatic heterocycles. The van der Waals surface area contributed by atoms with E-state index < -0.39 is 0 Å². The summed E-state index contributed by atoms with van der Waals surface area (Å²) in [7, 11) is 0. The first-order valence-corrected chi connectivity index (χ1v) is 6.37. The van der Waals surface area contributed by atoms with E-state index in [0.29, 0.717) is 17.1 Å². The van der Waals surface area contributed by atoms with Gasteiger partial charge in [-0.25, -0.2) is 0 Å². The number of rotatable bonds is 4. The van der Waals surface area contributed by atoms with Crippen molar-refractivity contribution in [2.75, 3.05) is 11.9 Å². The average molecular weight is 254 g/mol. The molecule has 0 fully saturated rings. The lowest BCUT2D eigenvalue weighted by Crippen LogP contribution is -2.09. The molecule has 1 rings (SSSR count). The number of thioether (sulfide) groups is 1. The van der Waals surface area contributed by atoms with Crippen LogP contribution in [0.15, 0.2) is 23.1 Å². The molecule has 4 nitrogen and oxygen atoms in total. The Balaban J connectivity index is 3.20. The Kier molecular flexibility index (Phi) is 4.40. The van der Waals surface area contributed by atoms with Gasteiger partial charge in [-0.05, 0) is 19.1 Å². The molecule has 0 atom stereocenters. The smallest absolute Gasteiger partial charge is 0.305 e. The molecule has 0 heterocycles. The third-order valence-corrected chi connectivity index (χ3v) is 3.13. The highest BCUT2D eigenvalue weighted by Gasteiger charge is 2.23. The number of nitro benzene ring substituents is 1. The summed E-state index contributed by atoms with van der Waals surface area (Å²) in [6.45, 7) is 8.72. The van der Waals surface area contributed by atoms with Crippen LogP contribution in [-0.4, -0.2) is 16.2 Å². The molecule has 1 aromatic carbocycles. The molecular formula is C12H18N2O2S. The molecule has 0 radical (unpaired) electrons. The average Bonchev–Trinajstić information content (AvgIpc) is 2.15. The molecule has 0 spiro atoms. The molecule has 94 valence electrons. The van der Waals surface area contributed by atoms with E-state index in [1.165, 1.54) is 11.8 Å². The lowest BCUT2D eigenvalue weighted by molar-refractivity contribution is -0.386. The predicted octanol–water partition coefficient (Wildman–Crippen LogP) is 3.92. The summed E-state index contributed by atoms with van der Waals surface area (Å²) in [5.41, 5.74) is 0.765. The Bertz CT molecular complexity index is 413. The molecule has 0 bridgehead atoms. The van der Waals surface area contributed by atoms with Crippen LogP contribution in [-0.2, 0) is 0 Å². The summed E-state index contributed by atoms with van der Waals surface area (Å²) in [5, 5.41) is 14.2. The fourth-order valence-corrected chi connectivity index (χ4v) is 2.54. The van der Waals surface area contributed by atoms with Gasteiger partial charge in [-0.2, -0.15) is 0 Å². The molecule has 0 unspecified atom stereocenters. The number of nitrogens with one attached hydrogen (secondary N) is 1. The molecular weight excluding hydrogens is 236 g/mol. The zero-order chi connectivity index (χ0) is 13.1. The Morgan fingerprint density at radius 1 is 1.41 bits per heavy atom. The molecule has 0 aliphatic rings. The first-order chi connectivity index (χ1) is 7.85. The summed E-state index contributed by atoms with van der Waals surface area (Å²) in [4.78, 5) is 11.6. The number of hydrogen-bond acceptors (Lipinski definition) is 4. The highest BCUT2D eigenvalue weighted by molar-refractivity contribution is 8.00. The highest BCUT2D eigenvalue weighted by atomic mass is 32.2. The van der Waals surface area contributed by atoms with Crippen molar-refractivity contribution in [1.82, 2.24) is 0 Å². The Morgan fingerprint density at radius 3 is 2.53 bits per heavy atom. The third kappa shape index (κ3) is 3.93. The van der Waals surface area contributed by atoms with Crippen LogP contribution in [0.3, 0.4) is 0 Å². The van der Waals surface area contributed by atoms with Crippen molar-refractivity contribution in [2.45, 2.75) is 37.3 Å². The van der Waals surface area contributed by atoms with Gasteiger partial charge in [0.05, 0.1) is 9.82 Å². The lowest BCUT2D eigenvalue weighted by Gasteiger charge is -2.18. The summed E-state index contributed by atoms with van der Waals surface area (Å²) in [5.74, 6) is 0. The number of para-hydroxylation sites is 1. The highest BCUT2D eigenvalue weighted by Crippen LogP contribution is 2.41. The van der Waals surface area contributed by atoms with Crippen molar-refractivity contribution in [2.24, 2.45) is 0 Å². The van der Waals surface area contributed by atoms with Crippen LogP contribution in [0.25, 0.3) is 0 Å². The van der Waals surface area contributed by atoms with Gasteiger partial charge in [0.1, 0.15) is 5.69 Å². The van der Waals surface area contributed by atoms with Crippen molar-refractivity contribution in [3.05, 3.63) is 28.3 Å². The second-order valence-electron chi connectivity index (χ2n) is 4.65. The van der Waals surface area contributed by atoms with E-state index in [2.05, 4.69) is 5.32 Å². The summed E-state index contributed by atoms with van der Waals surface area (Å²) >= 11 is 1.51. The monoisotopic (exact) mass is 254 g/mol. The van der Waals surface area contributed by atoms with Gasteiger partial charge in [-0.1, -0.05) is 26.8 Å². The molecule has 0 aliphatic carbocycles. The number of hydrogen-bond donors (Lipinski definition) is 1. The molecule has 0 aromatic heterocycles. The van der Waals surface area contributed by atoms with Crippen molar-refractivity contribution < 1.29 is 4.92 Å².